The first-order valence-corrected chi connectivity index (χ1v) is 15.2. The summed E-state index contributed by atoms with van der Waals surface area (Å²) in [5.74, 6) is 1.31. The minimum Gasteiger partial charge on any atom is -0.438 e. The predicted molar refractivity (Wildman–Crippen MR) is 140 cm³/mol. The van der Waals surface area contributed by atoms with E-state index >= 15 is 0 Å². The maximum Gasteiger partial charge on any atom is 0.215 e. The number of benzene rings is 2. The number of hydrogen-bond donors (Lipinski definition) is 1. The van der Waals surface area contributed by atoms with Crippen LogP contribution in [-0.2, 0) is 4.43 Å². The fourth-order valence-electron chi connectivity index (χ4n) is 4.35. The van der Waals surface area contributed by atoms with Gasteiger partial charge in [-0.05, 0) is 37.5 Å². The largest absolute Gasteiger partial charge is 0.438 e. The van der Waals surface area contributed by atoms with E-state index in [1.807, 2.05) is 60.7 Å². The second-order valence-corrected chi connectivity index (χ2v) is 15.6. The zero-order valence-electron chi connectivity index (χ0n) is 21.1. The maximum atomic E-state index is 10.5. The van der Waals surface area contributed by atoms with E-state index in [0.717, 1.165) is 42.0 Å². The minimum atomic E-state index is -1.85. The van der Waals surface area contributed by atoms with E-state index in [0.29, 0.717) is 12.5 Å². The standard InChI is InChI=1S/C28H38N2O3Si/c1-28(2,3)34(4,5)32-20-23-17-12-18-30(23)24(19-31)27-29-25(21-13-8-6-9-14-21)26(33-27)22-15-10-7-11-16-22/h6-11,13-16,23-24,31H,12,17-20H2,1-5H3/t23-,24+/m0/s1. The number of aromatic nitrogens is 1. The molecule has 1 saturated heterocycles. The molecule has 1 aliphatic heterocycles. The van der Waals surface area contributed by atoms with Crippen molar-refractivity contribution in [2.24, 2.45) is 0 Å². The molecule has 0 amide bonds. The van der Waals surface area contributed by atoms with Crippen LogP contribution in [0.2, 0.25) is 18.1 Å². The Balaban J connectivity index is 1.64. The quantitative estimate of drug-likeness (QED) is 0.373. The van der Waals surface area contributed by atoms with Crippen molar-refractivity contribution < 1.29 is 13.9 Å². The number of oxazole rings is 1. The Bertz CT molecular complexity index is 1000. The molecule has 2 atom stereocenters. The van der Waals surface area contributed by atoms with E-state index in [-0.39, 0.29) is 23.7 Å². The highest BCUT2D eigenvalue weighted by Crippen LogP contribution is 2.39. The van der Waals surface area contributed by atoms with Crippen molar-refractivity contribution in [1.29, 1.82) is 0 Å². The van der Waals surface area contributed by atoms with E-state index < -0.39 is 8.32 Å². The number of rotatable bonds is 8. The summed E-state index contributed by atoms with van der Waals surface area (Å²) in [6.45, 7) is 12.9. The molecule has 0 saturated carbocycles. The molecule has 0 radical (unpaired) electrons. The summed E-state index contributed by atoms with van der Waals surface area (Å²) >= 11 is 0. The molecule has 1 fully saturated rings. The highest BCUT2D eigenvalue weighted by molar-refractivity contribution is 6.74. The molecule has 0 unspecified atom stereocenters. The monoisotopic (exact) mass is 478 g/mol. The average Bonchev–Trinajstić information content (AvgIpc) is 3.47. The van der Waals surface area contributed by atoms with Gasteiger partial charge in [-0.15, -0.1) is 0 Å². The number of likely N-dealkylation sites (tertiary alicyclic amines) is 1. The van der Waals surface area contributed by atoms with Crippen LogP contribution < -0.4 is 0 Å². The lowest BCUT2D eigenvalue weighted by atomic mass is 10.1. The van der Waals surface area contributed by atoms with Crippen LogP contribution in [0.3, 0.4) is 0 Å². The van der Waals surface area contributed by atoms with Gasteiger partial charge in [0.15, 0.2) is 14.1 Å². The van der Waals surface area contributed by atoms with Crippen LogP contribution in [0.5, 0.6) is 0 Å². The normalized spacial score (nSPS) is 18.4. The third kappa shape index (κ3) is 5.20. The van der Waals surface area contributed by atoms with Crippen LogP contribution in [0, 0.1) is 0 Å². The van der Waals surface area contributed by atoms with Crippen LogP contribution in [0.15, 0.2) is 65.1 Å². The molecule has 0 aliphatic carbocycles. The first-order chi connectivity index (χ1) is 16.2. The Labute approximate surface area is 204 Å². The van der Waals surface area contributed by atoms with Crippen molar-refractivity contribution >= 4 is 8.32 Å². The van der Waals surface area contributed by atoms with E-state index in [1.54, 1.807) is 0 Å². The molecule has 1 N–H and O–H groups in total. The SMILES string of the molecule is CC(C)(C)[Si](C)(C)OC[C@@H]1CCCN1[C@H](CO)c1nc(-c2ccccc2)c(-c2ccccc2)o1. The fourth-order valence-corrected chi connectivity index (χ4v) is 5.39. The predicted octanol–water partition coefficient (Wildman–Crippen LogP) is 6.53. The van der Waals surface area contributed by atoms with E-state index in [1.165, 1.54) is 0 Å². The lowest BCUT2D eigenvalue weighted by Gasteiger charge is -2.38. The van der Waals surface area contributed by atoms with Crippen LogP contribution in [0.25, 0.3) is 22.6 Å². The van der Waals surface area contributed by atoms with Crippen molar-refractivity contribution in [2.75, 3.05) is 19.8 Å². The molecule has 1 aromatic heterocycles. The van der Waals surface area contributed by atoms with E-state index in [4.69, 9.17) is 13.8 Å². The van der Waals surface area contributed by atoms with Crippen molar-refractivity contribution in [3.8, 4) is 22.6 Å². The highest BCUT2D eigenvalue weighted by atomic mass is 28.4. The molecule has 3 aromatic rings. The third-order valence-corrected chi connectivity index (χ3v) is 12.0. The lowest BCUT2D eigenvalue weighted by molar-refractivity contribution is 0.0690. The molecule has 4 rings (SSSR count). The van der Waals surface area contributed by atoms with Gasteiger partial charge in [0.1, 0.15) is 11.7 Å². The second-order valence-electron chi connectivity index (χ2n) is 10.8. The average molecular weight is 479 g/mol. The van der Waals surface area contributed by atoms with Gasteiger partial charge in [0, 0.05) is 23.8 Å². The molecule has 1 aliphatic rings. The summed E-state index contributed by atoms with van der Waals surface area (Å²) in [6.07, 6.45) is 2.14. The molecule has 6 heteroatoms. The molecule has 2 heterocycles. The molecule has 0 bridgehead atoms. The van der Waals surface area contributed by atoms with E-state index in [9.17, 15) is 5.11 Å². The molecule has 0 spiro atoms. The fraction of sp³-hybridized carbons (Fsp3) is 0.464. The maximum absolute atomic E-state index is 10.5. The van der Waals surface area contributed by atoms with Gasteiger partial charge in [0.05, 0.1) is 6.61 Å². The summed E-state index contributed by atoms with van der Waals surface area (Å²) in [6, 6.07) is 20.2. The van der Waals surface area contributed by atoms with Gasteiger partial charge in [-0.25, -0.2) is 4.98 Å². The molecular weight excluding hydrogens is 440 g/mol. The number of hydrogen-bond acceptors (Lipinski definition) is 5. The smallest absolute Gasteiger partial charge is 0.215 e. The Morgan fingerprint density at radius 1 is 1.06 bits per heavy atom. The minimum absolute atomic E-state index is 0.0421. The van der Waals surface area contributed by atoms with Gasteiger partial charge in [-0.3, -0.25) is 4.90 Å². The van der Waals surface area contributed by atoms with Crippen LogP contribution in [-0.4, -0.2) is 49.1 Å². The Hall–Kier alpha value is -2.25. The van der Waals surface area contributed by atoms with Crippen molar-refractivity contribution in [1.82, 2.24) is 9.88 Å². The number of aliphatic hydroxyl groups is 1. The van der Waals surface area contributed by atoms with Gasteiger partial charge >= 0.3 is 0 Å². The summed E-state index contributed by atoms with van der Waals surface area (Å²) < 4.78 is 13.0. The summed E-state index contributed by atoms with van der Waals surface area (Å²) in [5.41, 5.74) is 2.80. The number of nitrogens with zero attached hydrogens (tertiary/aromatic N) is 2. The Kier molecular flexibility index (Phi) is 7.43. The highest BCUT2D eigenvalue weighted by Gasteiger charge is 2.40. The molecule has 34 heavy (non-hydrogen) atoms. The van der Waals surface area contributed by atoms with Gasteiger partial charge in [0.25, 0.3) is 0 Å². The Morgan fingerprint density at radius 3 is 2.26 bits per heavy atom. The third-order valence-electron chi connectivity index (χ3n) is 7.45. The van der Waals surface area contributed by atoms with Crippen LogP contribution in [0.4, 0.5) is 0 Å². The number of aliphatic hydroxyl groups excluding tert-OH is 1. The molecule has 2 aromatic carbocycles. The second kappa shape index (κ2) is 10.2. The van der Waals surface area contributed by atoms with Crippen molar-refractivity contribution in [3.63, 3.8) is 0 Å². The topological polar surface area (TPSA) is 58.7 Å². The summed E-state index contributed by atoms with van der Waals surface area (Å²) in [7, 11) is -1.85. The zero-order chi connectivity index (χ0) is 24.3. The van der Waals surface area contributed by atoms with Gasteiger partial charge in [-0.2, -0.15) is 0 Å². The van der Waals surface area contributed by atoms with Gasteiger partial charge in [-0.1, -0.05) is 81.4 Å². The Morgan fingerprint density at radius 2 is 1.68 bits per heavy atom. The summed E-state index contributed by atoms with van der Waals surface area (Å²) in [4.78, 5) is 7.29. The van der Waals surface area contributed by atoms with Gasteiger partial charge in [0.2, 0.25) is 5.89 Å². The summed E-state index contributed by atoms with van der Waals surface area (Å²) in [5, 5.41) is 10.7. The van der Waals surface area contributed by atoms with Gasteiger partial charge < -0.3 is 13.9 Å². The zero-order valence-corrected chi connectivity index (χ0v) is 22.1. The van der Waals surface area contributed by atoms with Crippen molar-refractivity contribution in [2.45, 2.75) is 63.8 Å². The van der Waals surface area contributed by atoms with Crippen LogP contribution >= 0.6 is 0 Å². The van der Waals surface area contributed by atoms with Crippen molar-refractivity contribution in [3.05, 3.63) is 66.6 Å². The molecular formula is C28H38N2O3Si. The molecule has 182 valence electrons. The first-order valence-electron chi connectivity index (χ1n) is 12.3. The lowest BCUT2D eigenvalue weighted by Crippen LogP contribution is -2.45. The molecule has 5 nitrogen and oxygen atoms in total. The van der Waals surface area contributed by atoms with E-state index in [2.05, 4.69) is 38.8 Å². The first kappa shape index (κ1) is 24.9. The van der Waals surface area contributed by atoms with Crippen LogP contribution in [0.1, 0.15) is 45.5 Å².